The number of rotatable bonds is 10. The van der Waals surface area contributed by atoms with Crippen LogP contribution in [-0.2, 0) is 18.7 Å². The van der Waals surface area contributed by atoms with Crippen molar-refractivity contribution < 1.29 is 4.42 Å². The van der Waals surface area contributed by atoms with E-state index >= 15 is 0 Å². The predicted octanol–water partition coefficient (Wildman–Crippen LogP) is 5.05. The van der Waals surface area contributed by atoms with Crippen molar-refractivity contribution in [3.63, 3.8) is 0 Å². The quantitative estimate of drug-likeness (QED) is 0.332. The lowest BCUT2D eigenvalue weighted by Gasteiger charge is -2.23. The molecule has 3 rings (SSSR count). The molecule has 0 radical (unpaired) electrons. The summed E-state index contributed by atoms with van der Waals surface area (Å²) in [5.41, 5.74) is 2.48. The van der Waals surface area contributed by atoms with Gasteiger partial charge in [-0.25, -0.2) is 4.79 Å². The van der Waals surface area contributed by atoms with Gasteiger partial charge in [-0.15, -0.1) is 10.2 Å². The van der Waals surface area contributed by atoms with Gasteiger partial charge in [0.25, 0.3) is 0 Å². The van der Waals surface area contributed by atoms with Crippen molar-refractivity contribution in [3.8, 4) is 0 Å². The van der Waals surface area contributed by atoms with Crippen molar-refractivity contribution in [3.05, 3.63) is 51.6 Å². The minimum atomic E-state index is -0.307. The minimum absolute atomic E-state index is 0.237. The van der Waals surface area contributed by atoms with E-state index in [0.29, 0.717) is 11.3 Å². The van der Waals surface area contributed by atoms with Crippen LogP contribution in [0.4, 0.5) is 0 Å². The summed E-state index contributed by atoms with van der Waals surface area (Å²) < 4.78 is 7.70. The molecule has 0 fully saturated rings. The van der Waals surface area contributed by atoms with E-state index in [9.17, 15) is 4.79 Å². The van der Waals surface area contributed by atoms with Crippen LogP contribution in [0, 0.1) is 0 Å². The molecule has 0 saturated carbocycles. The van der Waals surface area contributed by atoms with Gasteiger partial charge in [0.2, 0.25) is 0 Å². The van der Waals surface area contributed by atoms with Crippen molar-refractivity contribution in [1.29, 1.82) is 0 Å². The molecule has 0 saturated heterocycles. The topological polar surface area (TPSA) is 64.2 Å². The summed E-state index contributed by atoms with van der Waals surface area (Å²) in [5.74, 6) is 1.67. The van der Waals surface area contributed by atoms with Crippen molar-refractivity contribution in [2.24, 2.45) is 0 Å². The van der Waals surface area contributed by atoms with Crippen LogP contribution in [-0.4, -0.2) is 33.8 Å². The molecule has 0 aliphatic heterocycles. The SMILES string of the molecule is CCCCn1c(SCc2cc(=O)oc3cc(CC)ccc23)nnc1C(CC)N(C)C. The Morgan fingerprint density at radius 2 is 1.97 bits per heavy atom. The summed E-state index contributed by atoms with van der Waals surface area (Å²) in [7, 11) is 4.17. The second-order valence-electron chi connectivity index (χ2n) is 7.80. The fourth-order valence-electron chi connectivity index (χ4n) is 3.71. The van der Waals surface area contributed by atoms with E-state index in [0.717, 1.165) is 59.7 Å². The Kier molecular flexibility index (Phi) is 7.72. The van der Waals surface area contributed by atoms with E-state index in [1.807, 2.05) is 6.07 Å². The second kappa shape index (κ2) is 10.3. The first kappa shape index (κ1) is 22.6. The molecule has 162 valence electrons. The van der Waals surface area contributed by atoms with Gasteiger partial charge in [0.05, 0.1) is 6.04 Å². The van der Waals surface area contributed by atoms with Gasteiger partial charge in [0.1, 0.15) is 5.58 Å². The maximum atomic E-state index is 12.1. The summed E-state index contributed by atoms with van der Waals surface area (Å²) in [5, 5.41) is 11.0. The van der Waals surface area contributed by atoms with Crippen LogP contribution in [0.2, 0.25) is 0 Å². The number of fused-ring (bicyclic) bond motifs is 1. The Morgan fingerprint density at radius 3 is 2.63 bits per heavy atom. The standard InChI is InChI=1S/C23H32N4O2S/c1-6-9-12-27-22(19(8-3)26(4)5)24-25-23(27)30-15-17-14-21(28)29-20-13-16(7-2)10-11-18(17)20/h10-11,13-14,19H,6-9,12,15H2,1-5H3. The van der Waals surface area contributed by atoms with Crippen molar-refractivity contribution in [2.75, 3.05) is 14.1 Å². The van der Waals surface area contributed by atoms with Crippen molar-refractivity contribution in [1.82, 2.24) is 19.7 Å². The monoisotopic (exact) mass is 428 g/mol. The molecule has 0 N–H and O–H groups in total. The first-order valence-electron chi connectivity index (χ1n) is 10.8. The highest BCUT2D eigenvalue weighted by Crippen LogP contribution is 2.29. The number of unbranched alkanes of at least 4 members (excludes halogenated alkanes) is 1. The third kappa shape index (κ3) is 4.95. The van der Waals surface area contributed by atoms with Crippen LogP contribution < -0.4 is 5.63 Å². The highest BCUT2D eigenvalue weighted by Gasteiger charge is 2.22. The minimum Gasteiger partial charge on any atom is -0.423 e. The predicted molar refractivity (Wildman–Crippen MR) is 123 cm³/mol. The molecule has 0 bridgehead atoms. The average Bonchev–Trinajstić information content (AvgIpc) is 3.12. The van der Waals surface area contributed by atoms with Crippen LogP contribution in [0.15, 0.2) is 38.6 Å². The maximum Gasteiger partial charge on any atom is 0.336 e. The molecule has 6 nitrogen and oxygen atoms in total. The summed E-state index contributed by atoms with van der Waals surface area (Å²) in [6.45, 7) is 7.37. The number of aromatic nitrogens is 3. The van der Waals surface area contributed by atoms with Gasteiger partial charge in [-0.2, -0.15) is 0 Å². The number of thioether (sulfide) groups is 1. The van der Waals surface area contributed by atoms with Gasteiger partial charge >= 0.3 is 5.63 Å². The van der Waals surface area contributed by atoms with Crippen molar-refractivity contribution >= 4 is 22.7 Å². The van der Waals surface area contributed by atoms with Gasteiger partial charge in [0, 0.05) is 23.8 Å². The summed E-state index contributed by atoms with van der Waals surface area (Å²) >= 11 is 1.63. The molecule has 30 heavy (non-hydrogen) atoms. The largest absolute Gasteiger partial charge is 0.423 e. The van der Waals surface area contributed by atoms with Crippen LogP contribution in [0.1, 0.15) is 63.0 Å². The molecule has 1 aromatic carbocycles. The molecule has 1 unspecified atom stereocenters. The molecule has 0 aliphatic carbocycles. The van der Waals surface area contributed by atoms with Gasteiger partial charge < -0.3 is 8.98 Å². The summed E-state index contributed by atoms with van der Waals surface area (Å²) in [6.07, 6.45) is 4.09. The van der Waals surface area contributed by atoms with E-state index in [4.69, 9.17) is 4.42 Å². The van der Waals surface area contributed by atoms with Crippen LogP contribution in [0.25, 0.3) is 11.0 Å². The third-order valence-electron chi connectivity index (χ3n) is 5.45. The fourth-order valence-corrected chi connectivity index (χ4v) is 4.68. The molecule has 0 spiro atoms. The Balaban J connectivity index is 1.92. The first-order valence-corrected chi connectivity index (χ1v) is 11.7. The number of benzene rings is 1. The zero-order valence-corrected chi connectivity index (χ0v) is 19.5. The van der Waals surface area contributed by atoms with E-state index in [1.165, 1.54) is 0 Å². The van der Waals surface area contributed by atoms with E-state index in [2.05, 4.69) is 66.7 Å². The molecule has 3 aromatic rings. The Morgan fingerprint density at radius 1 is 1.17 bits per heavy atom. The molecule has 0 aliphatic rings. The van der Waals surface area contributed by atoms with Crippen molar-refractivity contribution in [2.45, 2.75) is 70.0 Å². The van der Waals surface area contributed by atoms with Gasteiger partial charge in [-0.1, -0.05) is 51.1 Å². The first-order chi connectivity index (χ1) is 14.5. The van der Waals surface area contributed by atoms with Gasteiger partial charge in [-0.3, -0.25) is 4.90 Å². The fraction of sp³-hybridized carbons (Fsp3) is 0.522. The summed E-state index contributed by atoms with van der Waals surface area (Å²) in [6, 6.07) is 7.96. The van der Waals surface area contributed by atoms with E-state index in [-0.39, 0.29) is 11.7 Å². The molecular formula is C23H32N4O2S. The van der Waals surface area contributed by atoms with Crippen LogP contribution in [0.3, 0.4) is 0 Å². The molecular weight excluding hydrogens is 396 g/mol. The lowest BCUT2D eigenvalue weighted by atomic mass is 10.1. The van der Waals surface area contributed by atoms with Crippen LogP contribution >= 0.6 is 11.8 Å². The normalized spacial score (nSPS) is 12.7. The highest BCUT2D eigenvalue weighted by molar-refractivity contribution is 7.98. The number of hydrogen-bond donors (Lipinski definition) is 0. The molecule has 2 heterocycles. The smallest absolute Gasteiger partial charge is 0.336 e. The van der Waals surface area contributed by atoms with Gasteiger partial charge in [-0.05, 0) is 50.6 Å². The number of aryl methyl sites for hydroxylation is 1. The Bertz CT molecular complexity index is 1040. The Hall–Kier alpha value is -2.12. The Labute approximate surface area is 182 Å². The molecule has 0 amide bonds. The zero-order chi connectivity index (χ0) is 21.7. The maximum absolute atomic E-state index is 12.1. The average molecular weight is 429 g/mol. The number of nitrogens with zero attached hydrogens (tertiary/aromatic N) is 4. The van der Waals surface area contributed by atoms with Crippen LogP contribution in [0.5, 0.6) is 0 Å². The lowest BCUT2D eigenvalue weighted by molar-refractivity contribution is 0.270. The zero-order valence-electron chi connectivity index (χ0n) is 18.6. The molecule has 7 heteroatoms. The lowest BCUT2D eigenvalue weighted by Crippen LogP contribution is -2.23. The second-order valence-corrected chi connectivity index (χ2v) is 8.74. The molecule has 2 aromatic heterocycles. The van der Waals surface area contributed by atoms with E-state index in [1.54, 1.807) is 17.8 Å². The third-order valence-corrected chi connectivity index (χ3v) is 6.46. The van der Waals surface area contributed by atoms with E-state index < -0.39 is 0 Å². The van der Waals surface area contributed by atoms with Gasteiger partial charge in [0.15, 0.2) is 11.0 Å². The number of hydrogen-bond acceptors (Lipinski definition) is 6. The molecule has 1 atom stereocenters. The summed E-state index contributed by atoms with van der Waals surface area (Å²) in [4.78, 5) is 14.3. The highest BCUT2D eigenvalue weighted by atomic mass is 32.2.